The van der Waals surface area contributed by atoms with Crippen molar-refractivity contribution >= 4 is 28.4 Å². The largest absolute Gasteiger partial charge is 0.351 e. The Kier molecular flexibility index (Phi) is 4.41. The van der Waals surface area contributed by atoms with Crippen molar-refractivity contribution in [2.75, 3.05) is 6.54 Å². The number of hydrazone groups is 1. The van der Waals surface area contributed by atoms with Crippen LogP contribution in [0.1, 0.15) is 24.0 Å². The van der Waals surface area contributed by atoms with E-state index in [0.717, 1.165) is 16.5 Å². The highest BCUT2D eigenvalue weighted by atomic mass is 16.2. The van der Waals surface area contributed by atoms with Crippen molar-refractivity contribution in [1.82, 2.24) is 15.7 Å². The van der Waals surface area contributed by atoms with Gasteiger partial charge < -0.3 is 10.3 Å². The Labute approximate surface area is 138 Å². The van der Waals surface area contributed by atoms with Crippen LogP contribution in [-0.2, 0) is 16.0 Å². The van der Waals surface area contributed by atoms with Crippen LogP contribution in [0.5, 0.6) is 0 Å². The van der Waals surface area contributed by atoms with Gasteiger partial charge in [0.25, 0.3) is 11.5 Å². The first kappa shape index (κ1) is 15.9. The molecule has 2 heterocycles. The van der Waals surface area contributed by atoms with Crippen LogP contribution in [0, 0.1) is 6.92 Å². The topological polar surface area (TPSA) is 103 Å². The van der Waals surface area contributed by atoms with Gasteiger partial charge in [-0.3, -0.25) is 14.4 Å². The van der Waals surface area contributed by atoms with Crippen molar-refractivity contribution in [1.29, 1.82) is 0 Å². The number of aromatic amines is 1. The normalized spacial score (nSPS) is 14.2. The van der Waals surface area contributed by atoms with Crippen LogP contribution in [0.15, 0.2) is 34.2 Å². The Morgan fingerprint density at radius 2 is 2.08 bits per heavy atom. The molecule has 1 aromatic heterocycles. The van der Waals surface area contributed by atoms with Crippen molar-refractivity contribution in [2.24, 2.45) is 5.10 Å². The van der Waals surface area contributed by atoms with E-state index < -0.39 is 0 Å². The quantitative estimate of drug-likeness (QED) is 0.773. The second-order valence-electron chi connectivity index (χ2n) is 5.81. The summed E-state index contributed by atoms with van der Waals surface area (Å²) in [5, 5.41) is 7.43. The molecule has 1 aromatic carbocycles. The Morgan fingerprint density at radius 1 is 1.25 bits per heavy atom. The average molecular weight is 326 g/mol. The summed E-state index contributed by atoms with van der Waals surface area (Å²) in [5.74, 6) is -0.507. The number of pyridine rings is 1. The standard InChI is InChI=1S/C17H18N4O3/c1-10-2-3-11-9-12(16(23)19-14(11)8-10)6-7-18-17(24)13-4-5-15(22)21-20-13/h2-3,8-9H,4-7H2,1H3,(H,18,24)(H,19,23)(H,21,22). The van der Waals surface area contributed by atoms with Crippen LogP contribution < -0.4 is 16.3 Å². The molecule has 3 N–H and O–H groups in total. The van der Waals surface area contributed by atoms with Crippen molar-refractivity contribution < 1.29 is 9.59 Å². The Morgan fingerprint density at radius 3 is 2.83 bits per heavy atom. The lowest BCUT2D eigenvalue weighted by Gasteiger charge is -2.12. The lowest BCUT2D eigenvalue weighted by Crippen LogP contribution is -2.38. The first-order chi connectivity index (χ1) is 11.5. The molecule has 2 amide bonds. The zero-order valence-corrected chi connectivity index (χ0v) is 13.3. The predicted octanol–water partition coefficient (Wildman–Crippen LogP) is 0.761. The summed E-state index contributed by atoms with van der Waals surface area (Å²) < 4.78 is 0. The molecule has 1 aliphatic heterocycles. The fourth-order valence-corrected chi connectivity index (χ4v) is 2.60. The number of carbonyl (C=O) groups is 2. The van der Waals surface area contributed by atoms with Crippen molar-refractivity contribution in [3.8, 4) is 0 Å². The van der Waals surface area contributed by atoms with Crippen LogP contribution in [0.2, 0.25) is 0 Å². The number of rotatable bonds is 4. The van der Waals surface area contributed by atoms with Gasteiger partial charge in [0.15, 0.2) is 0 Å². The maximum absolute atomic E-state index is 12.1. The smallest absolute Gasteiger partial charge is 0.267 e. The van der Waals surface area contributed by atoms with E-state index >= 15 is 0 Å². The first-order valence-electron chi connectivity index (χ1n) is 7.79. The molecule has 0 bridgehead atoms. The van der Waals surface area contributed by atoms with Crippen molar-refractivity contribution in [3.05, 3.63) is 45.7 Å². The Bertz CT molecular complexity index is 898. The minimum Gasteiger partial charge on any atom is -0.351 e. The molecule has 3 rings (SSSR count). The monoisotopic (exact) mass is 326 g/mol. The van der Waals surface area contributed by atoms with Gasteiger partial charge in [0.05, 0.1) is 0 Å². The molecule has 0 saturated heterocycles. The van der Waals surface area contributed by atoms with Crippen LogP contribution in [0.25, 0.3) is 10.9 Å². The van der Waals surface area contributed by atoms with Gasteiger partial charge in [0.1, 0.15) is 5.71 Å². The number of amides is 2. The number of hydrogen-bond donors (Lipinski definition) is 3. The molecule has 0 spiro atoms. The third-order valence-electron chi connectivity index (χ3n) is 3.92. The third kappa shape index (κ3) is 3.51. The minimum absolute atomic E-state index is 0.149. The van der Waals surface area contributed by atoms with Gasteiger partial charge in [-0.2, -0.15) is 5.10 Å². The molecular formula is C17H18N4O3. The summed E-state index contributed by atoms with van der Waals surface area (Å²) in [5.41, 5.74) is 4.95. The number of H-pyrrole nitrogens is 1. The van der Waals surface area contributed by atoms with Crippen LogP contribution in [-0.4, -0.2) is 29.1 Å². The van der Waals surface area contributed by atoms with E-state index in [1.54, 1.807) is 0 Å². The van der Waals surface area contributed by atoms with Crippen molar-refractivity contribution in [3.63, 3.8) is 0 Å². The number of nitrogens with zero attached hydrogens (tertiary/aromatic N) is 1. The molecular weight excluding hydrogens is 308 g/mol. The number of benzene rings is 1. The van der Waals surface area contributed by atoms with Crippen LogP contribution >= 0.6 is 0 Å². The molecule has 124 valence electrons. The maximum atomic E-state index is 12.1. The maximum Gasteiger partial charge on any atom is 0.267 e. The molecule has 0 saturated carbocycles. The highest BCUT2D eigenvalue weighted by Crippen LogP contribution is 2.13. The summed E-state index contributed by atoms with van der Waals surface area (Å²) in [6.07, 6.45) is 1.01. The number of fused-ring (bicyclic) bond motifs is 1. The molecule has 2 aromatic rings. The summed E-state index contributed by atoms with van der Waals surface area (Å²) in [6, 6.07) is 7.72. The molecule has 0 aliphatic carbocycles. The van der Waals surface area contributed by atoms with Gasteiger partial charge in [0.2, 0.25) is 5.91 Å². The second kappa shape index (κ2) is 6.66. The summed E-state index contributed by atoms with van der Waals surface area (Å²) in [6.45, 7) is 2.30. The van der Waals surface area contributed by atoms with Gasteiger partial charge in [-0.25, -0.2) is 5.43 Å². The number of aryl methyl sites for hydroxylation is 1. The van der Waals surface area contributed by atoms with E-state index in [4.69, 9.17) is 0 Å². The summed E-state index contributed by atoms with van der Waals surface area (Å²) in [7, 11) is 0. The zero-order valence-electron chi connectivity index (χ0n) is 13.3. The number of carbonyl (C=O) groups excluding carboxylic acids is 2. The number of aromatic nitrogens is 1. The van der Waals surface area contributed by atoms with Gasteiger partial charge in [-0.15, -0.1) is 0 Å². The van der Waals surface area contributed by atoms with E-state index in [1.165, 1.54) is 0 Å². The fraction of sp³-hybridized carbons (Fsp3) is 0.294. The molecule has 7 heteroatoms. The number of hydrogen-bond acceptors (Lipinski definition) is 4. The van der Waals surface area contributed by atoms with Gasteiger partial charge >= 0.3 is 0 Å². The molecule has 1 aliphatic rings. The van der Waals surface area contributed by atoms with Gasteiger partial charge in [0, 0.05) is 30.5 Å². The van der Waals surface area contributed by atoms with Crippen LogP contribution in [0.3, 0.4) is 0 Å². The molecule has 0 radical (unpaired) electrons. The predicted molar refractivity (Wildman–Crippen MR) is 90.8 cm³/mol. The van der Waals surface area contributed by atoms with E-state index in [2.05, 4.69) is 20.8 Å². The van der Waals surface area contributed by atoms with E-state index in [-0.39, 0.29) is 23.8 Å². The zero-order chi connectivity index (χ0) is 17.1. The molecule has 0 unspecified atom stereocenters. The molecule has 0 atom stereocenters. The molecule has 0 fully saturated rings. The van der Waals surface area contributed by atoms with E-state index in [0.29, 0.717) is 30.7 Å². The SMILES string of the molecule is Cc1ccc2cc(CCNC(=O)C3=NNC(=O)CC3)c(=O)[nH]c2c1. The highest BCUT2D eigenvalue weighted by molar-refractivity contribution is 6.39. The van der Waals surface area contributed by atoms with E-state index in [1.807, 2.05) is 31.2 Å². The lowest BCUT2D eigenvalue weighted by molar-refractivity contribution is -0.121. The summed E-state index contributed by atoms with van der Waals surface area (Å²) >= 11 is 0. The van der Waals surface area contributed by atoms with E-state index in [9.17, 15) is 14.4 Å². The minimum atomic E-state index is -0.317. The fourth-order valence-electron chi connectivity index (χ4n) is 2.60. The second-order valence-corrected chi connectivity index (χ2v) is 5.81. The summed E-state index contributed by atoms with van der Waals surface area (Å²) in [4.78, 5) is 37.9. The molecule has 24 heavy (non-hydrogen) atoms. The Hall–Kier alpha value is -2.96. The van der Waals surface area contributed by atoms with Gasteiger partial charge in [-0.05, 0) is 36.4 Å². The average Bonchev–Trinajstić information content (AvgIpc) is 2.56. The number of nitrogens with one attached hydrogen (secondary N) is 3. The van der Waals surface area contributed by atoms with Crippen molar-refractivity contribution in [2.45, 2.75) is 26.2 Å². The lowest BCUT2D eigenvalue weighted by atomic mass is 10.1. The third-order valence-corrected chi connectivity index (χ3v) is 3.92. The Balaban J connectivity index is 1.64. The van der Waals surface area contributed by atoms with Crippen LogP contribution in [0.4, 0.5) is 0 Å². The van der Waals surface area contributed by atoms with Gasteiger partial charge in [-0.1, -0.05) is 12.1 Å². The molecule has 7 nitrogen and oxygen atoms in total. The first-order valence-corrected chi connectivity index (χ1v) is 7.79. The highest BCUT2D eigenvalue weighted by Gasteiger charge is 2.17.